The van der Waals surface area contributed by atoms with Crippen molar-refractivity contribution in [1.29, 1.82) is 0 Å². The third-order valence-electron chi connectivity index (χ3n) is 3.83. The second-order valence-corrected chi connectivity index (χ2v) is 6.38. The summed E-state index contributed by atoms with van der Waals surface area (Å²) >= 11 is 1.09. The van der Waals surface area contributed by atoms with Crippen molar-refractivity contribution in [3.8, 4) is 0 Å². The van der Waals surface area contributed by atoms with Gasteiger partial charge in [-0.25, -0.2) is 4.98 Å². The van der Waals surface area contributed by atoms with Gasteiger partial charge >= 0.3 is 0 Å². The number of hydrogen-bond acceptors (Lipinski definition) is 5. The molecule has 3 aromatic rings. The Morgan fingerprint density at radius 2 is 1.78 bits per heavy atom. The van der Waals surface area contributed by atoms with Crippen LogP contribution in [0.4, 0.5) is 0 Å². The number of carbonyl (C=O) groups is 1. The van der Waals surface area contributed by atoms with E-state index in [0.717, 1.165) is 17.3 Å². The molecule has 0 aliphatic rings. The highest BCUT2D eigenvalue weighted by Gasteiger charge is 2.13. The van der Waals surface area contributed by atoms with Gasteiger partial charge in [-0.05, 0) is 30.0 Å². The Morgan fingerprint density at radius 1 is 1.09 bits per heavy atom. The third-order valence-corrected chi connectivity index (χ3v) is 4.36. The number of carbonyl (C=O) groups excluding carboxylic acids is 1. The lowest BCUT2D eigenvalue weighted by molar-refractivity contribution is 0.0939. The van der Waals surface area contributed by atoms with Crippen molar-refractivity contribution < 1.29 is 4.79 Å². The van der Waals surface area contributed by atoms with E-state index >= 15 is 0 Å². The number of pyridine rings is 1. The first-order valence-electron chi connectivity index (χ1n) is 7.53. The Labute approximate surface area is 139 Å². The van der Waals surface area contributed by atoms with Crippen LogP contribution in [-0.2, 0) is 0 Å². The minimum Gasteiger partial charge on any atom is -0.345 e. The first-order chi connectivity index (χ1) is 11.0. The lowest BCUT2D eigenvalue weighted by Gasteiger charge is -2.15. The summed E-state index contributed by atoms with van der Waals surface area (Å²) in [5.41, 5.74) is 4.08. The Kier molecular flexibility index (Phi) is 4.34. The summed E-state index contributed by atoms with van der Waals surface area (Å²) in [6, 6.07) is 9.98. The van der Waals surface area contributed by atoms with Crippen LogP contribution >= 0.6 is 11.7 Å². The summed E-state index contributed by atoms with van der Waals surface area (Å²) in [7, 11) is 0. The predicted molar refractivity (Wildman–Crippen MR) is 91.6 cm³/mol. The van der Waals surface area contributed by atoms with Gasteiger partial charge in [0.2, 0.25) is 0 Å². The molecule has 1 atom stereocenters. The highest BCUT2D eigenvalue weighted by atomic mass is 32.1. The number of benzene rings is 1. The van der Waals surface area contributed by atoms with E-state index in [0.29, 0.717) is 22.6 Å². The summed E-state index contributed by atoms with van der Waals surface area (Å²) in [6.45, 7) is 6.30. The summed E-state index contributed by atoms with van der Waals surface area (Å²) in [5.74, 6) is 0.339. The van der Waals surface area contributed by atoms with Crippen molar-refractivity contribution in [1.82, 2.24) is 19.0 Å². The molecule has 1 amide bonds. The summed E-state index contributed by atoms with van der Waals surface area (Å²) in [5, 5.41) is 2.99. The summed E-state index contributed by atoms with van der Waals surface area (Å²) in [4.78, 5) is 16.5. The van der Waals surface area contributed by atoms with Crippen LogP contribution in [0.3, 0.4) is 0 Å². The van der Waals surface area contributed by atoms with Crippen LogP contribution < -0.4 is 5.32 Å². The minimum absolute atomic E-state index is 0.0760. The molecule has 2 heterocycles. The minimum atomic E-state index is -0.159. The van der Waals surface area contributed by atoms with Gasteiger partial charge in [-0.3, -0.25) is 4.79 Å². The van der Waals surface area contributed by atoms with Crippen molar-refractivity contribution in [2.24, 2.45) is 0 Å². The molecule has 0 saturated heterocycles. The van der Waals surface area contributed by atoms with Crippen LogP contribution in [-0.4, -0.2) is 19.6 Å². The van der Waals surface area contributed by atoms with Gasteiger partial charge in [0.1, 0.15) is 5.52 Å². The number of rotatable bonds is 4. The standard InChI is InChI=1S/C17H18N4OS/c1-10(2)12-4-6-13(7-5-12)11(3)19-17(22)14-8-15-16(18-9-14)21-23-20-15/h4-11H,1-3H3,(H,19,22). The molecular weight excluding hydrogens is 308 g/mol. The molecule has 2 aromatic heterocycles. The number of fused-ring (bicyclic) bond motifs is 1. The van der Waals surface area contributed by atoms with Gasteiger partial charge in [-0.1, -0.05) is 38.1 Å². The van der Waals surface area contributed by atoms with Crippen LogP contribution in [0.1, 0.15) is 54.2 Å². The second kappa shape index (κ2) is 6.42. The maximum atomic E-state index is 12.4. The van der Waals surface area contributed by atoms with E-state index in [2.05, 4.69) is 57.2 Å². The van der Waals surface area contributed by atoms with E-state index in [-0.39, 0.29) is 11.9 Å². The van der Waals surface area contributed by atoms with E-state index in [9.17, 15) is 4.79 Å². The zero-order chi connectivity index (χ0) is 16.4. The van der Waals surface area contributed by atoms with E-state index < -0.39 is 0 Å². The van der Waals surface area contributed by atoms with Gasteiger partial charge < -0.3 is 5.32 Å². The normalized spacial score (nSPS) is 12.5. The first kappa shape index (κ1) is 15.6. The lowest BCUT2D eigenvalue weighted by Crippen LogP contribution is -2.26. The van der Waals surface area contributed by atoms with Crippen molar-refractivity contribution in [2.45, 2.75) is 32.7 Å². The molecule has 118 valence electrons. The zero-order valence-electron chi connectivity index (χ0n) is 13.3. The molecule has 23 heavy (non-hydrogen) atoms. The Hall–Kier alpha value is -2.34. The molecule has 0 aliphatic carbocycles. The summed E-state index contributed by atoms with van der Waals surface area (Å²) < 4.78 is 8.15. The predicted octanol–water partition coefficient (Wildman–Crippen LogP) is 3.70. The van der Waals surface area contributed by atoms with Crippen LogP contribution in [0.25, 0.3) is 11.2 Å². The highest BCUT2D eigenvalue weighted by molar-refractivity contribution is 7.00. The van der Waals surface area contributed by atoms with E-state index in [1.807, 2.05) is 6.92 Å². The molecule has 0 spiro atoms. The molecule has 3 rings (SSSR count). The number of nitrogens with one attached hydrogen (secondary N) is 1. The van der Waals surface area contributed by atoms with Crippen molar-refractivity contribution in [2.75, 3.05) is 0 Å². The number of nitrogens with zero attached hydrogens (tertiary/aromatic N) is 3. The Morgan fingerprint density at radius 3 is 2.48 bits per heavy atom. The van der Waals surface area contributed by atoms with Gasteiger partial charge in [-0.15, -0.1) is 0 Å². The SMILES string of the molecule is CC(C)c1ccc(C(C)NC(=O)c2cnc3nsnc3c2)cc1. The lowest BCUT2D eigenvalue weighted by atomic mass is 9.99. The molecule has 1 N–H and O–H groups in total. The molecule has 1 unspecified atom stereocenters. The van der Waals surface area contributed by atoms with Crippen molar-refractivity contribution in [3.63, 3.8) is 0 Å². The smallest absolute Gasteiger partial charge is 0.253 e. The van der Waals surface area contributed by atoms with E-state index in [4.69, 9.17) is 0 Å². The van der Waals surface area contributed by atoms with E-state index in [1.165, 1.54) is 11.8 Å². The second-order valence-electron chi connectivity index (χ2n) is 5.85. The Bertz CT molecular complexity index is 826. The molecular formula is C17H18N4OS. The van der Waals surface area contributed by atoms with Gasteiger partial charge in [0.25, 0.3) is 5.91 Å². The molecule has 5 nitrogen and oxygen atoms in total. The van der Waals surface area contributed by atoms with Crippen molar-refractivity contribution in [3.05, 3.63) is 53.2 Å². The van der Waals surface area contributed by atoms with E-state index in [1.54, 1.807) is 6.07 Å². The maximum Gasteiger partial charge on any atom is 0.253 e. The van der Waals surface area contributed by atoms with Crippen LogP contribution in [0.5, 0.6) is 0 Å². The summed E-state index contributed by atoms with van der Waals surface area (Å²) in [6.07, 6.45) is 1.54. The van der Waals surface area contributed by atoms with Gasteiger partial charge in [0.05, 0.1) is 23.3 Å². The monoisotopic (exact) mass is 326 g/mol. The maximum absolute atomic E-state index is 12.4. The molecule has 0 fully saturated rings. The van der Waals surface area contributed by atoms with Gasteiger partial charge in [0, 0.05) is 6.20 Å². The molecule has 0 aliphatic heterocycles. The fraction of sp³-hybridized carbons (Fsp3) is 0.294. The van der Waals surface area contributed by atoms with Crippen LogP contribution in [0.15, 0.2) is 36.5 Å². The topological polar surface area (TPSA) is 67.8 Å². The van der Waals surface area contributed by atoms with Crippen molar-refractivity contribution >= 4 is 28.8 Å². The quantitative estimate of drug-likeness (QED) is 0.794. The number of aromatic nitrogens is 3. The molecule has 6 heteroatoms. The Balaban J connectivity index is 1.73. The number of amides is 1. The average molecular weight is 326 g/mol. The van der Waals surface area contributed by atoms with Crippen LogP contribution in [0, 0.1) is 0 Å². The molecule has 1 aromatic carbocycles. The molecule has 0 radical (unpaired) electrons. The third kappa shape index (κ3) is 3.37. The fourth-order valence-corrected chi connectivity index (χ4v) is 2.82. The zero-order valence-corrected chi connectivity index (χ0v) is 14.1. The number of hydrogen-bond donors (Lipinski definition) is 1. The largest absolute Gasteiger partial charge is 0.345 e. The molecule has 0 saturated carbocycles. The highest BCUT2D eigenvalue weighted by Crippen LogP contribution is 2.19. The molecule has 0 bridgehead atoms. The van der Waals surface area contributed by atoms with Gasteiger partial charge in [0.15, 0.2) is 5.65 Å². The van der Waals surface area contributed by atoms with Crippen LogP contribution in [0.2, 0.25) is 0 Å². The fourth-order valence-electron chi connectivity index (χ4n) is 2.34. The first-order valence-corrected chi connectivity index (χ1v) is 8.26. The van der Waals surface area contributed by atoms with Gasteiger partial charge in [-0.2, -0.15) is 8.75 Å². The average Bonchev–Trinajstić information content (AvgIpc) is 3.02.